The average molecular weight is 394 g/mol. The number of hydrogen-bond acceptors (Lipinski definition) is 5. The van der Waals surface area contributed by atoms with Gasteiger partial charge in [0.2, 0.25) is 0 Å². The number of hydrogen-bond donors (Lipinski definition) is 1. The van der Waals surface area contributed by atoms with Crippen LogP contribution >= 0.6 is 11.8 Å². The second kappa shape index (κ2) is 9.32. The van der Waals surface area contributed by atoms with Crippen LogP contribution in [0.1, 0.15) is 23.6 Å². The van der Waals surface area contributed by atoms with Gasteiger partial charge in [-0.2, -0.15) is 5.10 Å². The largest absolute Gasteiger partial charge is 0.302 e. The molecule has 0 unspecified atom stereocenters. The zero-order valence-corrected chi connectivity index (χ0v) is 17.0. The van der Waals surface area contributed by atoms with E-state index < -0.39 is 0 Å². The van der Waals surface area contributed by atoms with Crippen molar-refractivity contribution in [1.82, 2.24) is 20.2 Å². The third kappa shape index (κ3) is 5.07. The molecule has 0 aliphatic heterocycles. The van der Waals surface area contributed by atoms with Crippen molar-refractivity contribution >= 4 is 23.9 Å². The Kier molecular flexibility index (Phi) is 6.60. The smallest absolute Gasteiger partial charge is 0.250 e. The molecule has 1 N–H and O–H groups in total. The van der Waals surface area contributed by atoms with Crippen molar-refractivity contribution < 1.29 is 4.79 Å². The lowest BCUT2D eigenvalue weighted by molar-refractivity contribution is -0.118. The maximum absolute atomic E-state index is 12.1. The molecule has 2 aromatic carbocycles. The van der Waals surface area contributed by atoms with Gasteiger partial charge in [0.15, 0.2) is 11.0 Å². The van der Waals surface area contributed by atoms with Crippen molar-refractivity contribution in [3.8, 4) is 11.4 Å². The molecule has 0 saturated heterocycles. The Labute approximate surface area is 169 Å². The van der Waals surface area contributed by atoms with Crippen LogP contribution in [0.2, 0.25) is 0 Å². The van der Waals surface area contributed by atoms with E-state index in [0.717, 1.165) is 34.2 Å². The Hall–Kier alpha value is -2.93. The van der Waals surface area contributed by atoms with E-state index in [1.807, 2.05) is 54.8 Å². The first-order chi connectivity index (χ1) is 13.6. The summed E-state index contributed by atoms with van der Waals surface area (Å²) in [5.41, 5.74) is 6.86. The monoisotopic (exact) mass is 393 g/mol. The maximum atomic E-state index is 12.1. The lowest BCUT2D eigenvalue weighted by Crippen LogP contribution is -2.20. The number of carbonyl (C=O) groups excluding carboxylic acids is 1. The van der Waals surface area contributed by atoms with Crippen LogP contribution in [0.25, 0.3) is 11.4 Å². The minimum atomic E-state index is -0.184. The summed E-state index contributed by atoms with van der Waals surface area (Å²) >= 11 is 1.35. The summed E-state index contributed by atoms with van der Waals surface area (Å²) in [6.07, 6.45) is 1.64. The Morgan fingerprint density at radius 2 is 1.93 bits per heavy atom. The molecule has 6 nitrogen and oxygen atoms in total. The van der Waals surface area contributed by atoms with Crippen molar-refractivity contribution in [1.29, 1.82) is 0 Å². The zero-order chi connectivity index (χ0) is 19.9. The van der Waals surface area contributed by atoms with E-state index in [-0.39, 0.29) is 11.7 Å². The Bertz CT molecular complexity index is 979. The number of nitrogens with one attached hydrogen (secondary N) is 1. The Morgan fingerprint density at radius 1 is 1.14 bits per heavy atom. The van der Waals surface area contributed by atoms with Crippen LogP contribution in [-0.4, -0.2) is 32.6 Å². The fourth-order valence-corrected chi connectivity index (χ4v) is 3.48. The van der Waals surface area contributed by atoms with Crippen LogP contribution in [0, 0.1) is 13.8 Å². The van der Waals surface area contributed by atoms with Gasteiger partial charge in [0.25, 0.3) is 5.91 Å². The number of hydrazone groups is 1. The second-order valence-electron chi connectivity index (χ2n) is 6.41. The quantitative estimate of drug-likeness (QED) is 0.376. The number of carbonyl (C=O) groups is 1. The van der Waals surface area contributed by atoms with E-state index >= 15 is 0 Å². The highest BCUT2D eigenvalue weighted by atomic mass is 32.2. The third-order valence-electron chi connectivity index (χ3n) is 4.12. The van der Waals surface area contributed by atoms with E-state index in [4.69, 9.17) is 0 Å². The molecule has 0 aliphatic rings. The molecule has 0 radical (unpaired) electrons. The van der Waals surface area contributed by atoms with Gasteiger partial charge in [-0.05, 0) is 26.3 Å². The van der Waals surface area contributed by atoms with E-state index in [0.29, 0.717) is 0 Å². The van der Waals surface area contributed by atoms with Crippen molar-refractivity contribution in [3.63, 3.8) is 0 Å². The molecule has 0 saturated carbocycles. The third-order valence-corrected chi connectivity index (χ3v) is 5.09. The number of aromatic nitrogens is 3. The van der Waals surface area contributed by atoms with Crippen LogP contribution in [-0.2, 0) is 11.3 Å². The molecule has 3 rings (SSSR count). The van der Waals surface area contributed by atoms with Gasteiger partial charge in [0, 0.05) is 12.1 Å². The molecular formula is C21H23N5OS. The Morgan fingerprint density at radius 3 is 2.64 bits per heavy atom. The fourth-order valence-electron chi connectivity index (χ4n) is 2.69. The molecule has 0 fully saturated rings. The van der Waals surface area contributed by atoms with Crippen molar-refractivity contribution in [2.75, 3.05) is 5.75 Å². The molecule has 3 aromatic rings. The molecule has 0 atom stereocenters. The highest BCUT2D eigenvalue weighted by Gasteiger charge is 2.14. The molecular weight excluding hydrogens is 370 g/mol. The normalized spacial score (nSPS) is 11.1. The van der Waals surface area contributed by atoms with Gasteiger partial charge in [-0.3, -0.25) is 4.79 Å². The van der Waals surface area contributed by atoms with E-state index in [1.54, 1.807) is 6.21 Å². The minimum absolute atomic E-state index is 0.184. The molecule has 7 heteroatoms. The molecule has 0 aliphatic carbocycles. The Balaban J connectivity index is 1.59. The molecule has 144 valence electrons. The standard InChI is InChI=1S/C21H23N5OS/c1-4-26-20(18-10-8-15(2)9-11-18)24-25-21(26)28-14-19(27)23-22-13-17-7-5-6-16(3)12-17/h5-13H,4,14H2,1-3H3,(H,23,27)/b22-13-. The predicted molar refractivity (Wildman–Crippen MR) is 114 cm³/mol. The lowest BCUT2D eigenvalue weighted by atomic mass is 10.1. The molecule has 28 heavy (non-hydrogen) atoms. The summed E-state index contributed by atoms with van der Waals surface area (Å²) in [4.78, 5) is 12.1. The van der Waals surface area contributed by atoms with Crippen LogP contribution < -0.4 is 5.43 Å². The van der Waals surface area contributed by atoms with Gasteiger partial charge in [-0.25, -0.2) is 5.43 Å². The molecule has 1 heterocycles. The van der Waals surface area contributed by atoms with Gasteiger partial charge in [-0.1, -0.05) is 71.4 Å². The van der Waals surface area contributed by atoms with Crippen molar-refractivity contribution in [2.45, 2.75) is 32.5 Å². The maximum Gasteiger partial charge on any atom is 0.250 e. The van der Waals surface area contributed by atoms with Crippen molar-refractivity contribution in [2.24, 2.45) is 5.10 Å². The summed E-state index contributed by atoms with van der Waals surface area (Å²) in [7, 11) is 0. The molecule has 1 amide bonds. The molecule has 0 bridgehead atoms. The van der Waals surface area contributed by atoms with E-state index in [2.05, 4.69) is 39.8 Å². The van der Waals surface area contributed by atoms with Crippen LogP contribution in [0.5, 0.6) is 0 Å². The first-order valence-corrected chi connectivity index (χ1v) is 10.1. The highest BCUT2D eigenvalue weighted by Crippen LogP contribution is 2.24. The van der Waals surface area contributed by atoms with Crippen LogP contribution in [0.4, 0.5) is 0 Å². The van der Waals surface area contributed by atoms with Gasteiger partial charge < -0.3 is 4.57 Å². The minimum Gasteiger partial charge on any atom is -0.302 e. The summed E-state index contributed by atoms with van der Waals surface area (Å²) in [6, 6.07) is 16.1. The zero-order valence-electron chi connectivity index (χ0n) is 16.2. The van der Waals surface area contributed by atoms with E-state index in [9.17, 15) is 4.79 Å². The summed E-state index contributed by atoms with van der Waals surface area (Å²) in [5, 5.41) is 13.3. The SMILES string of the molecule is CCn1c(SCC(=O)N/N=C\c2cccc(C)c2)nnc1-c1ccc(C)cc1. The van der Waals surface area contributed by atoms with Gasteiger partial charge in [-0.15, -0.1) is 10.2 Å². The first kappa shape index (κ1) is 19.8. The predicted octanol–water partition coefficient (Wildman–Crippen LogP) is 3.82. The molecule has 0 spiro atoms. The van der Waals surface area contributed by atoms with Gasteiger partial charge in [0.1, 0.15) is 0 Å². The number of nitrogens with zero attached hydrogens (tertiary/aromatic N) is 4. The van der Waals surface area contributed by atoms with Crippen LogP contribution in [0.15, 0.2) is 58.8 Å². The average Bonchev–Trinajstić information content (AvgIpc) is 3.10. The number of rotatable bonds is 7. The molecule has 1 aromatic heterocycles. The number of amides is 1. The number of thioether (sulfide) groups is 1. The lowest BCUT2D eigenvalue weighted by Gasteiger charge is -2.07. The van der Waals surface area contributed by atoms with Gasteiger partial charge in [0.05, 0.1) is 12.0 Å². The first-order valence-electron chi connectivity index (χ1n) is 9.08. The topological polar surface area (TPSA) is 72.2 Å². The summed E-state index contributed by atoms with van der Waals surface area (Å²) < 4.78 is 2.01. The van der Waals surface area contributed by atoms with Crippen molar-refractivity contribution in [3.05, 3.63) is 65.2 Å². The highest BCUT2D eigenvalue weighted by molar-refractivity contribution is 7.99. The second-order valence-corrected chi connectivity index (χ2v) is 7.35. The van der Waals surface area contributed by atoms with Gasteiger partial charge >= 0.3 is 0 Å². The number of benzene rings is 2. The fraction of sp³-hybridized carbons (Fsp3) is 0.238. The summed E-state index contributed by atoms with van der Waals surface area (Å²) in [6.45, 7) is 6.83. The summed E-state index contributed by atoms with van der Waals surface area (Å²) in [5.74, 6) is 0.844. The van der Waals surface area contributed by atoms with E-state index in [1.165, 1.54) is 17.3 Å². The number of aryl methyl sites for hydroxylation is 2. The van der Waals surface area contributed by atoms with Crippen LogP contribution in [0.3, 0.4) is 0 Å².